The number of hydrogen-bond acceptors (Lipinski definition) is 9. The van der Waals surface area contributed by atoms with E-state index in [-0.39, 0.29) is 28.7 Å². The Morgan fingerprint density at radius 1 is 0.951 bits per heavy atom. The summed E-state index contributed by atoms with van der Waals surface area (Å²) in [6.45, 7) is 7.17. The number of hydrogen-bond donors (Lipinski definition) is 2. The van der Waals surface area contributed by atoms with Crippen LogP contribution in [0.5, 0.6) is 0 Å². The lowest BCUT2D eigenvalue weighted by molar-refractivity contribution is -0.120. The van der Waals surface area contributed by atoms with Crippen LogP contribution in [0.2, 0.25) is 0 Å². The Morgan fingerprint density at radius 2 is 1.63 bits per heavy atom. The lowest BCUT2D eigenvalue weighted by Crippen LogP contribution is -2.41. The number of ketones is 2. The number of amides is 2. The van der Waals surface area contributed by atoms with Crippen molar-refractivity contribution < 1.29 is 42.9 Å². The number of allylic oxidation sites excluding steroid dienone is 5. The number of ether oxygens (including phenoxy) is 5. The summed E-state index contributed by atoms with van der Waals surface area (Å²) in [5, 5.41) is 2.54. The van der Waals surface area contributed by atoms with Gasteiger partial charge in [0.15, 0.2) is 11.9 Å². The Morgan fingerprint density at radius 3 is 2.20 bits per heavy atom. The first-order valence-corrected chi connectivity index (χ1v) is 13.3. The predicted octanol–water partition coefficient (Wildman–Crippen LogP) is 2.71. The van der Waals surface area contributed by atoms with Crippen molar-refractivity contribution in [2.24, 2.45) is 17.6 Å². The van der Waals surface area contributed by atoms with Gasteiger partial charge in [-0.05, 0) is 37.8 Å². The molecule has 11 heteroatoms. The minimum Gasteiger partial charge on any atom is -0.439 e. The first-order chi connectivity index (χ1) is 19.4. The van der Waals surface area contributed by atoms with Crippen LogP contribution < -0.4 is 11.1 Å². The average Bonchev–Trinajstić information content (AvgIpc) is 2.91. The van der Waals surface area contributed by atoms with E-state index in [0.717, 1.165) is 6.08 Å². The monoisotopic (exact) mass is 574 g/mol. The molecule has 1 aliphatic carbocycles. The largest absolute Gasteiger partial charge is 0.439 e. The van der Waals surface area contributed by atoms with Gasteiger partial charge in [-0.25, -0.2) is 4.79 Å². The van der Waals surface area contributed by atoms with E-state index in [2.05, 4.69) is 5.32 Å². The molecule has 1 heterocycles. The molecule has 7 atom stereocenters. The van der Waals surface area contributed by atoms with Crippen molar-refractivity contribution in [2.45, 2.75) is 64.6 Å². The first kappa shape index (κ1) is 33.8. The fourth-order valence-corrected chi connectivity index (χ4v) is 5.21. The van der Waals surface area contributed by atoms with Crippen molar-refractivity contribution in [3.63, 3.8) is 0 Å². The SMILES string of the molecule is CO[C@H]1[C@@H](OC)C[C@H](C)[C@@H](OC)C2=CC(=O)C=C(NC(=O)/C(C)=C/C=C/[C@H](OC)[C@@H](OC(N)=O)/C(C)=C/[C@@H]1C)C2=O. The molecule has 0 saturated heterocycles. The smallest absolute Gasteiger partial charge is 0.405 e. The molecule has 0 aromatic heterocycles. The van der Waals surface area contributed by atoms with Crippen LogP contribution >= 0.6 is 0 Å². The molecule has 0 radical (unpaired) electrons. The van der Waals surface area contributed by atoms with E-state index in [0.29, 0.717) is 12.0 Å². The second-order valence-electron chi connectivity index (χ2n) is 10.2. The van der Waals surface area contributed by atoms with E-state index in [1.165, 1.54) is 26.4 Å². The van der Waals surface area contributed by atoms with Crippen molar-refractivity contribution in [1.29, 1.82) is 0 Å². The maximum atomic E-state index is 13.4. The van der Waals surface area contributed by atoms with Gasteiger partial charge >= 0.3 is 6.09 Å². The third kappa shape index (κ3) is 8.80. The molecule has 1 aliphatic heterocycles. The van der Waals surface area contributed by atoms with Gasteiger partial charge in [0, 0.05) is 51.6 Å². The quantitative estimate of drug-likeness (QED) is 0.373. The van der Waals surface area contributed by atoms with Gasteiger partial charge in [0.2, 0.25) is 5.78 Å². The number of fused-ring (bicyclic) bond motifs is 2. The molecular formula is C30H42N2O9. The van der Waals surface area contributed by atoms with Gasteiger partial charge in [-0.2, -0.15) is 0 Å². The summed E-state index contributed by atoms with van der Waals surface area (Å²) in [5.41, 5.74) is 6.29. The molecule has 2 bridgehead atoms. The van der Waals surface area contributed by atoms with Crippen LogP contribution in [0.1, 0.15) is 34.1 Å². The lowest BCUT2D eigenvalue weighted by atomic mass is 9.84. The zero-order valence-electron chi connectivity index (χ0n) is 25.0. The van der Waals surface area contributed by atoms with Crippen LogP contribution in [0.4, 0.5) is 4.79 Å². The number of carbonyl (C=O) groups is 4. The number of nitrogens with one attached hydrogen (secondary N) is 1. The molecule has 0 aromatic rings. The molecule has 2 aliphatic rings. The summed E-state index contributed by atoms with van der Waals surface area (Å²) >= 11 is 0. The molecule has 41 heavy (non-hydrogen) atoms. The van der Waals surface area contributed by atoms with Gasteiger partial charge in [-0.15, -0.1) is 0 Å². The van der Waals surface area contributed by atoms with Gasteiger partial charge in [-0.3, -0.25) is 14.4 Å². The molecule has 2 rings (SSSR count). The number of methoxy groups -OCH3 is 4. The van der Waals surface area contributed by atoms with Crippen LogP contribution in [0, 0.1) is 11.8 Å². The van der Waals surface area contributed by atoms with Crippen molar-refractivity contribution >= 4 is 23.6 Å². The van der Waals surface area contributed by atoms with Gasteiger partial charge in [0.25, 0.3) is 5.91 Å². The van der Waals surface area contributed by atoms with Crippen LogP contribution in [-0.4, -0.2) is 82.5 Å². The van der Waals surface area contributed by atoms with Crippen molar-refractivity contribution in [3.8, 4) is 0 Å². The van der Waals surface area contributed by atoms with Gasteiger partial charge in [-0.1, -0.05) is 38.2 Å². The highest BCUT2D eigenvalue weighted by Gasteiger charge is 2.36. The Labute approximate surface area is 241 Å². The van der Waals surface area contributed by atoms with Crippen LogP contribution in [0.15, 0.2) is 58.9 Å². The number of nitrogens with two attached hydrogens (primary N) is 1. The maximum Gasteiger partial charge on any atom is 0.405 e. The van der Waals surface area contributed by atoms with Gasteiger partial charge < -0.3 is 34.7 Å². The summed E-state index contributed by atoms with van der Waals surface area (Å²) in [6.07, 6.45) is 5.11. The van der Waals surface area contributed by atoms with E-state index in [1.54, 1.807) is 40.2 Å². The fraction of sp³-hybridized carbons (Fsp3) is 0.533. The molecule has 3 N–H and O–H groups in total. The van der Waals surface area contributed by atoms with Crippen LogP contribution in [0.3, 0.4) is 0 Å². The number of carbonyl (C=O) groups excluding carboxylic acids is 4. The normalized spacial score (nSPS) is 33.9. The summed E-state index contributed by atoms with van der Waals surface area (Å²) in [6, 6.07) is 0. The van der Waals surface area contributed by atoms with E-state index in [4.69, 9.17) is 29.4 Å². The molecule has 226 valence electrons. The minimum atomic E-state index is -0.972. The molecule has 0 unspecified atom stereocenters. The average molecular weight is 575 g/mol. The second kappa shape index (κ2) is 15.6. The third-order valence-electron chi connectivity index (χ3n) is 7.27. The number of Topliss-reactive ketones (excluding diaryl/α,β-unsaturated/α-hetero) is 1. The highest BCUT2D eigenvalue weighted by Crippen LogP contribution is 2.30. The number of rotatable bonds is 5. The highest BCUT2D eigenvalue weighted by molar-refractivity contribution is 6.22. The van der Waals surface area contributed by atoms with E-state index in [1.807, 2.05) is 19.9 Å². The molecule has 2 amide bonds. The molecule has 0 spiro atoms. The van der Waals surface area contributed by atoms with Gasteiger partial charge in [0.05, 0.1) is 24.0 Å². The van der Waals surface area contributed by atoms with E-state index in [9.17, 15) is 19.2 Å². The standard InChI is InChI=1S/C30H42N2O9/c1-16-10-9-11-23(37-5)28(41-30(31)36)18(3)12-17(2)27(40-8)24(38-6)13-19(4)26(39-7)21-14-20(33)15-22(25(21)34)32-29(16)35/h9-12,14-15,17,19,23-24,26-28H,13H2,1-8H3,(H2,31,36)(H,32,35)/b11-9+,16-10+,18-12+/t17-,19-,23-,24-,26+,27+,28-/m0/s1. The lowest BCUT2D eigenvalue weighted by Gasteiger charge is -2.34. The number of primary amides is 1. The zero-order chi connectivity index (χ0) is 30.9. The Kier molecular flexibility index (Phi) is 12.8. The van der Waals surface area contributed by atoms with E-state index < -0.39 is 54.1 Å². The fourth-order valence-electron chi connectivity index (χ4n) is 5.21. The molecular weight excluding hydrogens is 532 g/mol. The molecule has 0 aromatic carbocycles. The summed E-state index contributed by atoms with van der Waals surface area (Å²) < 4.78 is 28.4. The topological polar surface area (TPSA) is 152 Å². The Balaban J connectivity index is 2.66. The predicted molar refractivity (Wildman–Crippen MR) is 152 cm³/mol. The summed E-state index contributed by atoms with van der Waals surface area (Å²) in [5.74, 6) is -2.04. The van der Waals surface area contributed by atoms with Crippen molar-refractivity contribution in [1.82, 2.24) is 5.32 Å². The molecule has 0 fully saturated rings. The summed E-state index contributed by atoms with van der Waals surface area (Å²) in [7, 11) is 6.05. The minimum absolute atomic E-state index is 0.141. The third-order valence-corrected chi connectivity index (χ3v) is 7.27. The van der Waals surface area contributed by atoms with Crippen LogP contribution in [0.25, 0.3) is 0 Å². The van der Waals surface area contributed by atoms with Crippen molar-refractivity contribution in [3.05, 3.63) is 58.9 Å². The van der Waals surface area contributed by atoms with Crippen LogP contribution in [-0.2, 0) is 38.1 Å². The molecule has 0 saturated carbocycles. The van der Waals surface area contributed by atoms with E-state index >= 15 is 0 Å². The second-order valence-corrected chi connectivity index (χ2v) is 10.2. The van der Waals surface area contributed by atoms with Crippen molar-refractivity contribution in [2.75, 3.05) is 28.4 Å². The molecule has 11 nitrogen and oxygen atoms in total. The first-order valence-electron chi connectivity index (χ1n) is 13.3. The zero-order valence-corrected chi connectivity index (χ0v) is 25.0. The highest BCUT2D eigenvalue weighted by atomic mass is 16.6. The Bertz CT molecular complexity index is 1150. The van der Waals surface area contributed by atoms with Gasteiger partial charge in [0.1, 0.15) is 6.10 Å². The summed E-state index contributed by atoms with van der Waals surface area (Å²) in [4.78, 5) is 50.6. The Hall–Kier alpha value is -3.38. The maximum absolute atomic E-state index is 13.4.